The first kappa shape index (κ1) is 19.3. The van der Waals surface area contributed by atoms with Gasteiger partial charge in [0.2, 0.25) is 0 Å². The van der Waals surface area contributed by atoms with Crippen molar-refractivity contribution in [2.45, 2.75) is 20.3 Å². The summed E-state index contributed by atoms with van der Waals surface area (Å²) in [7, 11) is 1.58. The van der Waals surface area contributed by atoms with Crippen molar-refractivity contribution in [3.05, 3.63) is 59.2 Å². The molecule has 0 aromatic heterocycles. The highest BCUT2D eigenvalue weighted by Gasteiger charge is 2.09. The van der Waals surface area contributed by atoms with Crippen molar-refractivity contribution < 1.29 is 14.3 Å². The largest absolute Gasteiger partial charge is 0.497 e. The van der Waals surface area contributed by atoms with Crippen molar-refractivity contribution in [1.29, 1.82) is 0 Å². The third kappa shape index (κ3) is 5.24. The van der Waals surface area contributed by atoms with Crippen molar-refractivity contribution in [1.82, 2.24) is 10.6 Å². The minimum absolute atomic E-state index is 0.193. The van der Waals surface area contributed by atoms with E-state index in [1.807, 2.05) is 32.0 Å². The maximum absolute atomic E-state index is 12.1. The maximum Gasteiger partial charge on any atom is 0.319 e. The normalized spacial score (nSPS) is 10.1. The second-order valence-corrected chi connectivity index (χ2v) is 5.83. The van der Waals surface area contributed by atoms with E-state index in [9.17, 15) is 9.59 Å². The minimum atomic E-state index is -0.285. The van der Waals surface area contributed by atoms with Gasteiger partial charge in [-0.3, -0.25) is 4.79 Å². The van der Waals surface area contributed by atoms with Gasteiger partial charge in [-0.1, -0.05) is 25.1 Å². The van der Waals surface area contributed by atoms with Gasteiger partial charge in [0.15, 0.2) is 0 Å². The molecule has 0 heterocycles. The lowest BCUT2D eigenvalue weighted by Crippen LogP contribution is -2.37. The van der Waals surface area contributed by atoms with Crippen LogP contribution in [0.2, 0.25) is 0 Å². The number of ether oxygens (including phenoxy) is 1. The fraction of sp³-hybridized carbons (Fsp3) is 0.300. The first-order chi connectivity index (χ1) is 12.5. The average Bonchev–Trinajstić information content (AvgIpc) is 2.66. The van der Waals surface area contributed by atoms with Crippen LogP contribution < -0.4 is 20.7 Å². The van der Waals surface area contributed by atoms with Crippen molar-refractivity contribution in [2.24, 2.45) is 0 Å². The molecule has 6 heteroatoms. The molecule has 0 fully saturated rings. The molecule has 3 N–H and O–H groups in total. The number of urea groups is 1. The molecule has 0 bridgehead atoms. The zero-order valence-electron chi connectivity index (χ0n) is 15.4. The Morgan fingerprint density at radius 3 is 2.35 bits per heavy atom. The highest BCUT2D eigenvalue weighted by molar-refractivity contribution is 5.94. The van der Waals surface area contributed by atoms with Crippen LogP contribution in [-0.4, -0.2) is 32.1 Å². The Labute approximate surface area is 153 Å². The summed E-state index contributed by atoms with van der Waals surface area (Å²) < 4.78 is 5.06. The number of carbonyl (C=O) groups excluding carboxylic acids is 2. The molecule has 0 unspecified atom stereocenters. The summed E-state index contributed by atoms with van der Waals surface area (Å²) in [5.74, 6) is 0.504. The third-order valence-corrected chi connectivity index (χ3v) is 4.03. The van der Waals surface area contributed by atoms with Crippen molar-refractivity contribution in [3.63, 3.8) is 0 Å². The molecule has 3 amide bonds. The molecule has 2 aromatic rings. The van der Waals surface area contributed by atoms with Crippen LogP contribution >= 0.6 is 0 Å². The molecule has 6 nitrogen and oxygen atoms in total. The number of anilines is 1. The zero-order valence-corrected chi connectivity index (χ0v) is 15.4. The third-order valence-electron chi connectivity index (χ3n) is 4.03. The molecule has 0 aliphatic heterocycles. The van der Waals surface area contributed by atoms with Crippen molar-refractivity contribution in [2.75, 3.05) is 25.5 Å². The summed E-state index contributed by atoms with van der Waals surface area (Å²) in [6, 6.07) is 12.5. The molecule has 0 aliphatic carbocycles. The maximum atomic E-state index is 12.1. The fourth-order valence-corrected chi connectivity index (χ4v) is 2.56. The lowest BCUT2D eigenvalue weighted by molar-refractivity contribution is 0.0954. The van der Waals surface area contributed by atoms with Crippen molar-refractivity contribution in [3.8, 4) is 5.75 Å². The highest BCUT2D eigenvalue weighted by atomic mass is 16.5. The van der Waals surface area contributed by atoms with Gasteiger partial charge < -0.3 is 20.7 Å². The SMILES string of the molecule is CCc1cccc(C)c1NC(=O)NCCNC(=O)c1ccc(OC)cc1. The molecule has 0 saturated heterocycles. The van der Waals surface area contributed by atoms with E-state index in [2.05, 4.69) is 16.0 Å². The second-order valence-electron chi connectivity index (χ2n) is 5.83. The summed E-state index contributed by atoms with van der Waals surface area (Å²) in [5, 5.41) is 8.40. The van der Waals surface area contributed by atoms with Crippen LogP contribution in [0.5, 0.6) is 5.75 Å². The second kappa shape index (κ2) is 9.46. The molecule has 0 atom stereocenters. The highest BCUT2D eigenvalue weighted by Crippen LogP contribution is 2.20. The lowest BCUT2D eigenvalue weighted by atomic mass is 10.1. The smallest absolute Gasteiger partial charge is 0.319 e. The number of benzene rings is 2. The number of hydrogen-bond acceptors (Lipinski definition) is 3. The van der Waals surface area contributed by atoms with E-state index in [0.29, 0.717) is 24.4 Å². The van der Waals surface area contributed by atoms with Gasteiger partial charge in [-0.05, 0) is 48.7 Å². The zero-order chi connectivity index (χ0) is 18.9. The number of para-hydroxylation sites is 1. The van der Waals surface area contributed by atoms with Gasteiger partial charge in [0.05, 0.1) is 7.11 Å². The molecule has 0 spiro atoms. The van der Waals surface area contributed by atoms with Crippen LogP contribution in [0, 0.1) is 6.92 Å². The van der Waals surface area contributed by atoms with Gasteiger partial charge >= 0.3 is 6.03 Å². The number of rotatable bonds is 7. The van der Waals surface area contributed by atoms with E-state index in [-0.39, 0.29) is 11.9 Å². The summed E-state index contributed by atoms with van der Waals surface area (Å²) in [6.45, 7) is 4.68. The number of amides is 3. The van der Waals surface area contributed by atoms with Crippen LogP contribution in [0.15, 0.2) is 42.5 Å². The van der Waals surface area contributed by atoms with Crippen LogP contribution in [-0.2, 0) is 6.42 Å². The number of aryl methyl sites for hydroxylation is 2. The lowest BCUT2D eigenvalue weighted by Gasteiger charge is -2.14. The van der Waals surface area contributed by atoms with E-state index in [4.69, 9.17) is 4.74 Å². The molecule has 26 heavy (non-hydrogen) atoms. The molecule has 2 aromatic carbocycles. The summed E-state index contributed by atoms with van der Waals surface area (Å²) in [4.78, 5) is 24.1. The average molecular weight is 355 g/mol. The van der Waals surface area contributed by atoms with Gasteiger partial charge in [-0.25, -0.2) is 4.79 Å². The molecule has 0 aliphatic rings. The summed E-state index contributed by atoms with van der Waals surface area (Å²) in [6.07, 6.45) is 0.842. The predicted octanol–water partition coefficient (Wildman–Crippen LogP) is 3.12. The Morgan fingerprint density at radius 2 is 1.69 bits per heavy atom. The summed E-state index contributed by atoms with van der Waals surface area (Å²) >= 11 is 0. The van der Waals surface area contributed by atoms with Gasteiger partial charge in [-0.2, -0.15) is 0 Å². The number of hydrogen-bond donors (Lipinski definition) is 3. The Kier molecular flexibility index (Phi) is 7.02. The van der Waals surface area contributed by atoms with Crippen molar-refractivity contribution >= 4 is 17.6 Å². The van der Waals surface area contributed by atoms with Gasteiger partial charge in [0, 0.05) is 24.3 Å². The number of nitrogens with one attached hydrogen (secondary N) is 3. The van der Waals surface area contributed by atoms with Crippen LogP contribution in [0.25, 0.3) is 0 Å². The molecular weight excluding hydrogens is 330 g/mol. The van der Waals surface area contributed by atoms with Crippen LogP contribution in [0.4, 0.5) is 10.5 Å². The topological polar surface area (TPSA) is 79.5 Å². The Morgan fingerprint density at radius 1 is 1.00 bits per heavy atom. The van der Waals surface area contributed by atoms with Gasteiger partial charge in [0.25, 0.3) is 5.91 Å². The van der Waals surface area contributed by atoms with E-state index < -0.39 is 0 Å². The Balaban J connectivity index is 1.77. The monoisotopic (exact) mass is 355 g/mol. The molecule has 138 valence electrons. The standard InChI is InChI=1S/C20H25N3O3/c1-4-15-7-5-6-14(2)18(15)23-20(25)22-13-12-21-19(24)16-8-10-17(26-3)11-9-16/h5-11H,4,12-13H2,1-3H3,(H,21,24)(H2,22,23,25). The van der Waals surface area contributed by atoms with Crippen LogP contribution in [0.3, 0.4) is 0 Å². The molecular formula is C20H25N3O3. The fourth-order valence-electron chi connectivity index (χ4n) is 2.56. The van der Waals surface area contributed by atoms with Crippen LogP contribution in [0.1, 0.15) is 28.4 Å². The number of carbonyl (C=O) groups is 2. The van der Waals surface area contributed by atoms with E-state index >= 15 is 0 Å². The minimum Gasteiger partial charge on any atom is -0.497 e. The molecule has 0 saturated carbocycles. The van der Waals surface area contributed by atoms with E-state index in [0.717, 1.165) is 23.2 Å². The number of methoxy groups -OCH3 is 1. The Bertz CT molecular complexity index is 757. The van der Waals surface area contributed by atoms with E-state index in [1.165, 1.54) is 0 Å². The molecule has 2 rings (SSSR count). The first-order valence-corrected chi connectivity index (χ1v) is 8.60. The first-order valence-electron chi connectivity index (χ1n) is 8.60. The summed E-state index contributed by atoms with van der Waals surface area (Å²) in [5.41, 5.74) is 3.50. The van der Waals surface area contributed by atoms with E-state index in [1.54, 1.807) is 31.4 Å². The van der Waals surface area contributed by atoms with Gasteiger partial charge in [0.1, 0.15) is 5.75 Å². The Hall–Kier alpha value is -3.02. The van der Waals surface area contributed by atoms with Gasteiger partial charge in [-0.15, -0.1) is 0 Å². The predicted molar refractivity (Wildman–Crippen MR) is 103 cm³/mol. The quantitative estimate of drug-likeness (QED) is 0.668. The molecule has 0 radical (unpaired) electrons.